The highest BCUT2D eigenvalue weighted by Gasteiger charge is 2.06. The summed E-state index contributed by atoms with van der Waals surface area (Å²) < 4.78 is 0. The lowest BCUT2D eigenvalue weighted by atomic mass is 10.8. The molecule has 2 atom stereocenters. The lowest BCUT2D eigenvalue weighted by Crippen LogP contribution is -2.55. The number of nitrogens with zero attached hydrogens (tertiary/aromatic N) is 2. The third-order valence-corrected chi connectivity index (χ3v) is 0.695. The van der Waals surface area contributed by atoms with Gasteiger partial charge in [-0.3, -0.25) is 11.5 Å². The van der Waals surface area contributed by atoms with Gasteiger partial charge in [-0.15, -0.1) is 0 Å². The van der Waals surface area contributed by atoms with Crippen molar-refractivity contribution in [3.05, 3.63) is 0 Å². The second-order valence-electron chi connectivity index (χ2n) is 1.41. The fourth-order valence-corrected chi connectivity index (χ4v) is 0.372. The van der Waals surface area contributed by atoms with E-state index in [1.165, 1.54) is 0 Å². The van der Waals surface area contributed by atoms with Crippen molar-refractivity contribution in [2.45, 2.75) is 12.6 Å². The zero-order valence-electron chi connectivity index (χ0n) is 4.20. The topological polar surface area (TPSA) is 101 Å². The predicted molar refractivity (Wildman–Crippen MR) is 27.1 cm³/mol. The molecule has 1 aliphatic heterocycles. The van der Waals surface area contributed by atoms with Crippen LogP contribution < -0.4 is 22.3 Å². The van der Waals surface area contributed by atoms with Crippen molar-refractivity contribution in [2.75, 3.05) is 0 Å². The number of nitrogens with two attached hydrogens (primary N) is 2. The van der Waals surface area contributed by atoms with E-state index in [0.717, 1.165) is 0 Å². The Labute approximate surface area is 46.3 Å². The summed E-state index contributed by atoms with van der Waals surface area (Å²) in [6, 6.07) is 0. The molecule has 0 saturated carbocycles. The first-order chi connectivity index (χ1) is 3.79. The molecule has 0 bridgehead atoms. The number of hydrogen-bond acceptors (Lipinski definition) is 6. The van der Waals surface area contributed by atoms with E-state index in [4.69, 9.17) is 11.5 Å². The summed E-state index contributed by atoms with van der Waals surface area (Å²) >= 11 is 0. The number of nitrogens with one attached hydrogen (secondary N) is 2. The van der Waals surface area contributed by atoms with E-state index in [-0.39, 0.29) is 0 Å². The molecule has 0 radical (unpaired) electrons. The molecule has 1 aliphatic rings. The van der Waals surface area contributed by atoms with Crippen LogP contribution in [-0.4, -0.2) is 12.6 Å². The maximum atomic E-state index is 5.21. The Morgan fingerprint density at radius 3 is 1.62 bits per heavy atom. The highest BCUT2D eigenvalue weighted by Crippen LogP contribution is 1.85. The van der Waals surface area contributed by atoms with Crippen LogP contribution in [-0.2, 0) is 0 Å². The molecule has 0 aromatic carbocycles. The molecule has 0 fully saturated rings. The minimum Gasteiger partial charge on any atom is -0.295 e. The van der Waals surface area contributed by atoms with Crippen LogP contribution in [0.4, 0.5) is 0 Å². The van der Waals surface area contributed by atoms with E-state index in [2.05, 4.69) is 21.1 Å². The van der Waals surface area contributed by atoms with Crippen LogP contribution in [0.5, 0.6) is 0 Å². The fourth-order valence-electron chi connectivity index (χ4n) is 0.372. The zero-order valence-corrected chi connectivity index (χ0v) is 4.20. The first-order valence-corrected chi connectivity index (χ1v) is 2.21. The molecular weight excluding hydrogens is 108 g/mol. The summed E-state index contributed by atoms with van der Waals surface area (Å²) in [7, 11) is 0. The van der Waals surface area contributed by atoms with E-state index >= 15 is 0 Å². The largest absolute Gasteiger partial charge is 0.295 e. The average Bonchev–Trinajstić information content (AvgIpc) is 1.77. The Balaban J connectivity index is 2.42. The van der Waals surface area contributed by atoms with Gasteiger partial charge in [-0.2, -0.15) is 10.2 Å². The van der Waals surface area contributed by atoms with Crippen LogP contribution >= 0.6 is 0 Å². The molecule has 2 unspecified atom stereocenters. The van der Waals surface area contributed by atoms with Crippen LogP contribution in [0.1, 0.15) is 0 Å². The molecule has 0 aliphatic carbocycles. The van der Waals surface area contributed by atoms with E-state index in [9.17, 15) is 0 Å². The van der Waals surface area contributed by atoms with Crippen molar-refractivity contribution in [1.82, 2.24) is 10.9 Å². The van der Waals surface area contributed by atoms with Crippen LogP contribution in [0, 0.1) is 0 Å². The van der Waals surface area contributed by atoms with Gasteiger partial charge in [0.2, 0.25) is 0 Å². The van der Waals surface area contributed by atoms with Gasteiger partial charge in [-0.25, -0.2) is 10.9 Å². The van der Waals surface area contributed by atoms with E-state index in [1.54, 1.807) is 0 Å². The van der Waals surface area contributed by atoms with Gasteiger partial charge in [0.25, 0.3) is 0 Å². The molecule has 0 spiro atoms. The molecule has 0 amide bonds. The summed E-state index contributed by atoms with van der Waals surface area (Å²) in [5.41, 5.74) is 15.6. The number of hydrazine groups is 1. The van der Waals surface area contributed by atoms with Crippen LogP contribution in [0.15, 0.2) is 10.2 Å². The van der Waals surface area contributed by atoms with Crippen molar-refractivity contribution >= 4 is 0 Å². The molecule has 6 heteroatoms. The molecule has 0 aromatic rings. The molecule has 1 heterocycles. The van der Waals surface area contributed by atoms with E-state index in [1.807, 2.05) is 0 Å². The summed E-state index contributed by atoms with van der Waals surface area (Å²) in [4.78, 5) is 0. The van der Waals surface area contributed by atoms with Crippen LogP contribution in [0.25, 0.3) is 0 Å². The molecule has 8 heavy (non-hydrogen) atoms. The maximum absolute atomic E-state index is 5.21. The zero-order chi connectivity index (χ0) is 5.98. The van der Waals surface area contributed by atoms with E-state index in [0.29, 0.717) is 0 Å². The van der Waals surface area contributed by atoms with Gasteiger partial charge >= 0.3 is 0 Å². The highest BCUT2D eigenvalue weighted by atomic mass is 15.6. The molecular formula is C2H8N6. The smallest absolute Gasteiger partial charge is 0.184 e. The third kappa shape index (κ3) is 1.20. The Hall–Kier alpha value is -0.560. The Morgan fingerprint density at radius 1 is 1.00 bits per heavy atom. The molecule has 0 saturated heterocycles. The van der Waals surface area contributed by atoms with Crippen molar-refractivity contribution in [1.29, 1.82) is 0 Å². The Bertz CT molecular complexity index is 86.7. The third-order valence-electron chi connectivity index (χ3n) is 0.695. The highest BCUT2D eigenvalue weighted by molar-refractivity contribution is 4.58. The number of rotatable bonds is 0. The monoisotopic (exact) mass is 116 g/mol. The Morgan fingerprint density at radius 2 is 1.38 bits per heavy atom. The van der Waals surface area contributed by atoms with Gasteiger partial charge < -0.3 is 0 Å². The van der Waals surface area contributed by atoms with Gasteiger partial charge in [0.05, 0.1) is 0 Å². The second-order valence-corrected chi connectivity index (χ2v) is 1.41. The number of hydrogen-bond donors (Lipinski definition) is 4. The molecule has 6 N–H and O–H groups in total. The van der Waals surface area contributed by atoms with Crippen molar-refractivity contribution in [3.8, 4) is 0 Å². The first-order valence-electron chi connectivity index (χ1n) is 2.21. The molecule has 1 rings (SSSR count). The van der Waals surface area contributed by atoms with Gasteiger partial charge in [0.15, 0.2) is 12.6 Å². The van der Waals surface area contributed by atoms with Crippen molar-refractivity contribution in [3.63, 3.8) is 0 Å². The average molecular weight is 116 g/mol. The van der Waals surface area contributed by atoms with Crippen LogP contribution in [0.2, 0.25) is 0 Å². The predicted octanol–water partition coefficient (Wildman–Crippen LogP) is -1.97. The lowest BCUT2D eigenvalue weighted by molar-refractivity contribution is 0.324. The van der Waals surface area contributed by atoms with Crippen LogP contribution in [0.3, 0.4) is 0 Å². The van der Waals surface area contributed by atoms with Gasteiger partial charge in [0.1, 0.15) is 0 Å². The van der Waals surface area contributed by atoms with E-state index < -0.39 is 12.6 Å². The minimum atomic E-state index is -0.463. The Kier molecular flexibility index (Phi) is 1.49. The summed E-state index contributed by atoms with van der Waals surface area (Å²) in [5, 5.41) is 7.03. The minimum absolute atomic E-state index is 0.463. The molecule has 6 nitrogen and oxygen atoms in total. The summed E-state index contributed by atoms with van der Waals surface area (Å²) in [6.45, 7) is 0. The molecule has 46 valence electrons. The lowest BCUT2D eigenvalue weighted by Gasteiger charge is -2.17. The fraction of sp³-hybridized carbons (Fsp3) is 1.00. The van der Waals surface area contributed by atoms with Crippen molar-refractivity contribution < 1.29 is 0 Å². The molecule has 0 aromatic heterocycles. The van der Waals surface area contributed by atoms with Crippen molar-refractivity contribution in [2.24, 2.45) is 21.7 Å². The summed E-state index contributed by atoms with van der Waals surface area (Å²) in [5.74, 6) is 0. The number of azo groups is 1. The SMILES string of the molecule is NC1N=NC(N)NN1. The van der Waals surface area contributed by atoms with Gasteiger partial charge in [0, 0.05) is 0 Å². The second kappa shape index (κ2) is 2.14. The maximum Gasteiger partial charge on any atom is 0.184 e. The summed E-state index contributed by atoms with van der Waals surface area (Å²) in [6.07, 6.45) is -0.926. The quantitative estimate of drug-likeness (QED) is 0.295. The first kappa shape index (κ1) is 5.57. The normalized spacial score (nSPS) is 37.8. The standard InChI is InChI=1S/C2H8N6/c3-1-5-7-2(4)8-6-1/h1-2,5,7H,3-4H2. The van der Waals surface area contributed by atoms with Gasteiger partial charge in [-0.05, 0) is 0 Å². The van der Waals surface area contributed by atoms with Gasteiger partial charge in [-0.1, -0.05) is 0 Å².